The highest BCUT2D eigenvalue weighted by atomic mass is 14.9. The minimum atomic E-state index is 0.603. The van der Waals surface area contributed by atoms with Crippen molar-refractivity contribution in [3.05, 3.63) is 70.8 Å². The average molecular weight is 267 g/mol. The van der Waals surface area contributed by atoms with E-state index in [2.05, 4.69) is 69.1 Å². The molecule has 0 aromatic heterocycles. The van der Waals surface area contributed by atoms with E-state index in [4.69, 9.17) is 0 Å². The molecule has 1 aromatic carbocycles. The van der Waals surface area contributed by atoms with E-state index in [1.165, 1.54) is 27.8 Å². The summed E-state index contributed by atoms with van der Waals surface area (Å²) in [6, 6.07) is 8.98. The van der Waals surface area contributed by atoms with Gasteiger partial charge in [-0.2, -0.15) is 0 Å². The molecule has 1 fully saturated rings. The Labute approximate surface area is 123 Å². The van der Waals surface area contributed by atoms with Gasteiger partial charge >= 0.3 is 0 Å². The molecular formula is C19H25N. The van der Waals surface area contributed by atoms with E-state index < -0.39 is 0 Å². The SMILES string of the molecule is C=C1CNC/C1=C/C=C(\C)Cc1ccc(C(C)C)cc1. The Morgan fingerprint density at radius 3 is 2.50 bits per heavy atom. The number of benzene rings is 1. The molecule has 0 spiro atoms. The van der Waals surface area contributed by atoms with E-state index in [0.717, 1.165) is 19.5 Å². The van der Waals surface area contributed by atoms with E-state index in [-0.39, 0.29) is 0 Å². The Balaban J connectivity index is 2.00. The van der Waals surface area contributed by atoms with E-state index in [9.17, 15) is 0 Å². The van der Waals surface area contributed by atoms with E-state index >= 15 is 0 Å². The zero-order chi connectivity index (χ0) is 14.5. The molecule has 0 saturated carbocycles. The quantitative estimate of drug-likeness (QED) is 0.853. The lowest BCUT2D eigenvalue weighted by atomic mass is 9.99. The van der Waals surface area contributed by atoms with Gasteiger partial charge in [-0.15, -0.1) is 0 Å². The first-order chi connectivity index (χ1) is 9.56. The Morgan fingerprint density at radius 1 is 1.25 bits per heavy atom. The summed E-state index contributed by atoms with van der Waals surface area (Å²) in [4.78, 5) is 0. The monoisotopic (exact) mass is 267 g/mol. The van der Waals surface area contributed by atoms with Gasteiger partial charge in [0.15, 0.2) is 0 Å². The molecule has 1 nitrogen and oxygen atoms in total. The molecule has 0 aliphatic carbocycles. The van der Waals surface area contributed by atoms with Crippen LogP contribution in [0, 0.1) is 0 Å². The van der Waals surface area contributed by atoms with Crippen molar-refractivity contribution < 1.29 is 0 Å². The van der Waals surface area contributed by atoms with Crippen molar-refractivity contribution in [1.82, 2.24) is 5.32 Å². The van der Waals surface area contributed by atoms with Crippen molar-refractivity contribution in [3.8, 4) is 0 Å². The standard InChI is InChI=1S/C19H25N/c1-14(2)18-9-6-17(7-10-18)11-15(3)5-8-19-13-20-12-16(19)4/h5-10,14,20H,4,11-13H2,1-3H3/b15-5+,19-8-. The second-order valence-electron chi connectivity index (χ2n) is 5.99. The Bertz CT molecular complexity index is 529. The maximum atomic E-state index is 4.06. The molecule has 0 atom stereocenters. The number of nitrogens with one attached hydrogen (secondary N) is 1. The fraction of sp³-hybridized carbons (Fsp3) is 0.368. The van der Waals surface area contributed by atoms with Gasteiger partial charge in [0.1, 0.15) is 0 Å². The Kier molecular flexibility index (Phi) is 4.97. The van der Waals surface area contributed by atoms with E-state index in [1.807, 2.05) is 0 Å². The van der Waals surface area contributed by atoms with Crippen molar-refractivity contribution >= 4 is 0 Å². The first-order valence-electron chi connectivity index (χ1n) is 7.40. The molecule has 106 valence electrons. The Hall–Kier alpha value is -1.60. The van der Waals surface area contributed by atoms with Gasteiger partial charge in [-0.1, -0.05) is 62.4 Å². The highest BCUT2D eigenvalue weighted by Gasteiger charge is 2.08. The summed E-state index contributed by atoms with van der Waals surface area (Å²) >= 11 is 0. The molecule has 0 unspecified atom stereocenters. The molecular weight excluding hydrogens is 242 g/mol. The molecule has 0 radical (unpaired) electrons. The maximum absolute atomic E-state index is 4.06. The van der Waals surface area contributed by atoms with Gasteiger partial charge in [0, 0.05) is 13.1 Å². The van der Waals surface area contributed by atoms with Crippen molar-refractivity contribution in [3.63, 3.8) is 0 Å². The minimum Gasteiger partial charge on any atom is -0.309 e. The van der Waals surface area contributed by atoms with Crippen LogP contribution in [0.2, 0.25) is 0 Å². The lowest BCUT2D eigenvalue weighted by Gasteiger charge is -2.07. The van der Waals surface area contributed by atoms with Crippen LogP contribution in [0.25, 0.3) is 0 Å². The molecule has 1 heterocycles. The smallest absolute Gasteiger partial charge is 0.0211 e. The van der Waals surface area contributed by atoms with Gasteiger partial charge in [0.25, 0.3) is 0 Å². The van der Waals surface area contributed by atoms with Crippen molar-refractivity contribution in [2.24, 2.45) is 0 Å². The molecule has 2 rings (SSSR count). The second kappa shape index (κ2) is 6.71. The number of allylic oxidation sites excluding steroid dienone is 3. The second-order valence-corrected chi connectivity index (χ2v) is 5.99. The number of rotatable bonds is 4. The molecule has 0 bridgehead atoms. The van der Waals surface area contributed by atoms with Gasteiger partial charge in [-0.05, 0) is 41.5 Å². The first kappa shape index (κ1) is 14.8. The third-order valence-corrected chi connectivity index (χ3v) is 3.81. The molecule has 1 aromatic rings. The van der Waals surface area contributed by atoms with Crippen LogP contribution in [-0.2, 0) is 6.42 Å². The fourth-order valence-corrected chi connectivity index (χ4v) is 2.41. The summed E-state index contributed by atoms with van der Waals surface area (Å²) < 4.78 is 0. The zero-order valence-corrected chi connectivity index (χ0v) is 12.9. The van der Waals surface area contributed by atoms with Crippen LogP contribution >= 0.6 is 0 Å². The highest BCUT2D eigenvalue weighted by Crippen LogP contribution is 2.17. The summed E-state index contributed by atoms with van der Waals surface area (Å²) in [5.41, 5.74) is 6.72. The van der Waals surface area contributed by atoms with Crippen LogP contribution in [0.3, 0.4) is 0 Å². The summed E-state index contributed by atoms with van der Waals surface area (Å²) in [7, 11) is 0. The first-order valence-corrected chi connectivity index (χ1v) is 7.40. The van der Waals surface area contributed by atoms with Crippen molar-refractivity contribution in [2.75, 3.05) is 13.1 Å². The number of hydrogen-bond donors (Lipinski definition) is 1. The molecule has 0 amide bonds. The van der Waals surface area contributed by atoms with Gasteiger partial charge in [0.05, 0.1) is 0 Å². The topological polar surface area (TPSA) is 12.0 Å². The van der Waals surface area contributed by atoms with E-state index in [0.29, 0.717) is 5.92 Å². The largest absolute Gasteiger partial charge is 0.309 e. The summed E-state index contributed by atoms with van der Waals surface area (Å²) in [5, 5.41) is 3.32. The predicted molar refractivity (Wildman–Crippen MR) is 88.1 cm³/mol. The van der Waals surface area contributed by atoms with Crippen LogP contribution in [0.15, 0.2) is 59.7 Å². The van der Waals surface area contributed by atoms with E-state index in [1.54, 1.807) is 0 Å². The minimum absolute atomic E-state index is 0.603. The van der Waals surface area contributed by atoms with Crippen LogP contribution in [0.1, 0.15) is 37.8 Å². The third kappa shape index (κ3) is 3.94. The number of hydrogen-bond acceptors (Lipinski definition) is 1. The molecule has 1 N–H and O–H groups in total. The van der Waals surface area contributed by atoms with Crippen molar-refractivity contribution in [1.29, 1.82) is 0 Å². The molecule has 1 saturated heterocycles. The summed E-state index contributed by atoms with van der Waals surface area (Å²) in [6.45, 7) is 12.6. The molecule has 1 heteroatoms. The normalized spacial score (nSPS) is 18.3. The molecule has 20 heavy (non-hydrogen) atoms. The van der Waals surface area contributed by atoms with Gasteiger partial charge in [-0.25, -0.2) is 0 Å². The Morgan fingerprint density at radius 2 is 1.95 bits per heavy atom. The van der Waals surface area contributed by atoms with Crippen LogP contribution in [0.5, 0.6) is 0 Å². The molecule has 1 aliphatic heterocycles. The van der Waals surface area contributed by atoms with Gasteiger partial charge in [-0.3, -0.25) is 0 Å². The summed E-state index contributed by atoms with van der Waals surface area (Å²) in [5.74, 6) is 0.603. The fourth-order valence-electron chi connectivity index (χ4n) is 2.41. The lowest BCUT2D eigenvalue weighted by molar-refractivity contribution is 0.865. The zero-order valence-electron chi connectivity index (χ0n) is 12.9. The van der Waals surface area contributed by atoms with Crippen molar-refractivity contribution in [2.45, 2.75) is 33.1 Å². The summed E-state index contributed by atoms with van der Waals surface area (Å²) in [6.07, 6.45) is 5.45. The van der Waals surface area contributed by atoms with Crippen LogP contribution in [0.4, 0.5) is 0 Å². The van der Waals surface area contributed by atoms with Crippen LogP contribution < -0.4 is 5.32 Å². The molecule has 1 aliphatic rings. The highest BCUT2D eigenvalue weighted by molar-refractivity contribution is 5.38. The predicted octanol–water partition coefficient (Wildman–Crippen LogP) is 4.38. The van der Waals surface area contributed by atoms with Gasteiger partial charge < -0.3 is 5.32 Å². The van der Waals surface area contributed by atoms with Crippen LogP contribution in [-0.4, -0.2) is 13.1 Å². The van der Waals surface area contributed by atoms with Gasteiger partial charge in [0.2, 0.25) is 0 Å². The maximum Gasteiger partial charge on any atom is 0.0211 e. The lowest BCUT2D eigenvalue weighted by Crippen LogP contribution is -2.04. The third-order valence-electron chi connectivity index (χ3n) is 3.81. The average Bonchev–Trinajstić information content (AvgIpc) is 2.82.